The lowest BCUT2D eigenvalue weighted by molar-refractivity contribution is -0.179. The molecule has 0 aliphatic carbocycles. The first kappa shape index (κ1) is 32.4. The molecule has 0 heterocycles. The van der Waals surface area contributed by atoms with Gasteiger partial charge in [-0.05, 0) is 83.0 Å². The van der Waals surface area contributed by atoms with Crippen LogP contribution in [0.2, 0.25) is 5.02 Å². The molecule has 218 valence electrons. The smallest absolute Gasteiger partial charge is 0.407 e. The third kappa shape index (κ3) is 11.5. The number of carbonyl (C=O) groups is 4. The Bertz CT molecular complexity index is 1160. The first-order valence-electron chi connectivity index (χ1n) is 12.8. The van der Waals surface area contributed by atoms with Crippen LogP contribution in [-0.4, -0.2) is 55.0 Å². The van der Waals surface area contributed by atoms with Crippen molar-refractivity contribution in [2.75, 3.05) is 19.9 Å². The van der Waals surface area contributed by atoms with E-state index in [-0.39, 0.29) is 12.5 Å². The van der Waals surface area contributed by atoms with Crippen molar-refractivity contribution in [1.29, 1.82) is 0 Å². The number of carbonyl (C=O) groups excluding carboxylic acids is 4. The molecule has 2 N–H and O–H groups in total. The zero-order chi connectivity index (χ0) is 29.9. The molecule has 0 aliphatic heterocycles. The van der Waals surface area contributed by atoms with Crippen LogP contribution in [0.3, 0.4) is 0 Å². The predicted molar refractivity (Wildman–Crippen MR) is 149 cm³/mol. The maximum Gasteiger partial charge on any atom is 0.407 e. The molecule has 0 aliphatic rings. The first-order chi connectivity index (χ1) is 18.7. The van der Waals surface area contributed by atoms with E-state index in [1.807, 2.05) is 12.1 Å². The van der Waals surface area contributed by atoms with E-state index < -0.39 is 41.9 Å². The second kappa shape index (κ2) is 14.6. The van der Waals surface area contributed by atoms with Crippen molar-refractivity contribution in [2.24, 2.45) is 5.92 Å². The van der Waals surface area contributed by atoms with Crippen LogP contribution in [0.25, 0.3) is 0 Å². The van der Waals surface area contributed by atoms with Gasteiger partial charge in [0.05, 0.1) is 5.92 Å². The summed E-state index contributed by atoms with van der Waals surface area (Å²) in [7, 11) is 0. The molecular weight excluding hydrogens is 540 g/mol. The molecule has 2 rings (SSSR count). The van der Waals surface area contributed by atoms with Crippen molar-refractivity contribution in [3.63, 3.8) is 0 Å². The fourth-order valence-corrected chi connectivity index (χ4v) is 3.30. The fourth-order valence-electron chi connectivity index (χ4n) is 3.18. The summed E-state index contributed by atoms with van der Waals surface area (Å²) in [6, 6.07) is 13.7. The quantitative estimate of drug-likeness (QED) is 0.275. The summed E-state index contributed by atoms with van der Waals surface area (Å²) >= 11 is 5.85. The third-order valence-corrected chi connectivity index (χ3v) is 5.59. The van der Waals surface area contributed by atoms with Gasteiger partial charge >= 0.3 is 18.0 Å². The average molecular weight is 577 g/mol. The summed E-state index contributed by atoms with van der Waals surface area (Å²) in [4.78, 5) is 48.5. The molecule has 2 amide bonds. The molecule has 2 aromatic rings. The minimum Gasteiger partial charge on any atom is -0.476 e. The van der Waals surface area contributed by atoms with Crippen LogP contribution in [0, 0.1) is 5.92 Å². The minimum atomic E-state index is -1.36. The minimum absolute atomic E-state index is 0.00100. The summed E-state index contributed by atoms with van der Waals surface area (Å²) in [5.74, 6) is -1.81. The van der Waals surface area contributed by atoms with Crippen molar-refractivity contribution in [1.82, 2.24) is 10.6 Å². The Morgan fingerprint density at radius 1 is 0.875 bits per heavy atom. The van der Waals surface area contributed by atoms with E-state index in [9.17, 15) is 19.2 Å². The monoisotopic (exact) mass is 576 g/mol. The molecule has 0 fully saturated rings. The average Bonchev–Trinajstić information content (AvgIpc) is 2.87. The highest BCUT2D eigenvalue weighted by Crippen LogP contribution is 2.20. The number of amides is 2. The molecule has 0 bridgehead atoms. The molecule has 0 saturated carbocycles. The van der Waals surface area contributed by atoms with Crippen LogP contribution in [0.5, 0.6) is 5.75 Å². The maximum atomic E-state index is 12.5. The molecule has 10 nitrogen and oxygen atoms in total. The van der Waals surface area contributed by atoms with E-state index in [2.05, 4.69) is 10.6 Å². The standard InChI is InChI=1S/C29H37ClN2O8/c1-19(17-32-27(36)40-28(2,3)4)25(34)37-18-38-26(35)29(5,6)39-23-13-7-20(8-14-23)15-16-31-24(33)21-9-11-22(30)12-10-21/h7-14,19H,15-18H2,1-6H3,(H,31,33)(H,32,36). The SMILES string of the molecule is CC(CNC(=O)OC(C)(C)C)C(=O)OCOC(=O)C(C)(C)Oc1ccc(CCNC(=O)c2ccc(Cl)cc2)cc1. The van der Waals surface area contributed by atoms with Gasteiger partial charge in [0.25, 0.3) is 5.91 Å². The van der Waals surface area contributed by atoms with E-state index in [0.29, 0.717) is 29.3 Å². The fraction of sp³-hybridized carbons (Fsp3) is 0.448. The number of alkyl carbamates (subject to hydrolysis) is 1. The number of hydrogen-bond acceptors (Lipinski definition) is 8. The van der Waals surface area contributed by atoms with Crippen LogP contribution in [0.4, 0.5) is 4.79 Å². The number of rotatable bonds is 12. The number of benzene rings is 2. The Morgan fingerprint density at radius 3 is 2.10 bits per heavy atom. The van der Waals surface area contributed by atoms with Crippen LogP contribution in [-0.2, 0) is 30.2 Å². The largest absolute Gasteiger partial charge is 0.476 e. The summed E-state index contributed by atoms with van der Waals surface area (Å²) in [5.41, 5.74) is -0.519. The molecule has 40 heavy (non-hydrogen) atoms. The molecule has 2 aromatic carbocycles. The molecule has 0 saturated heterocycles. The number of nitrogens with one attached hydrogen (secondary N) is 2. The van der Waals surface area contributed by atoms with Crippen LogP contribution >= 0.6 is 11.6 Å². The Balaban J connectivity index is 1.72. The number of halogens is 1. The number of ether oxygens (including phenoxy) is 4. The highest BCUT2D eigenvalue weighted by atomic mass is 35.5. The zero-order valence-corrected chi connectivity index (χ0v) is 24.4. The van der Waals surface area contributed by atoms with Crippen molar-refractivity contribution in [3.8, 4) is 5.75 Å². The Labute approximate surface area is 239 Å². The second-order valence-electron chi connectivity index (χ2n) is 10.6. The molecule has 0 spiro atoms. The second-order valence-corrected chi connectivity index (χ2v) is 11.0. The van der Waals surface area contributed by atoms with Gasteiger partial charge in [0.15, 0.2) is 5.60 Å². The van der Waals surface area contributed by atoms with Gasteiger partial charge in [-0.1, -0.05) is 30.7 Å². The highest BCUT2D eigenvalue weighted by molar-refractivity contribution is 6.30. The van der Waals surface area contributed by atoms with E-state index >= 15 is 0 Å². The van der Waals surface area contributed by atoms with Gasteiger partial charge in [-0.3, -0.25) is 9.59 Å². The lowest BCUT2D eigenvalue weighted by atomic mass is 10.1. The van der Waals surface area contributed by atoms with Gasteiger partial charge in [0.1, 0.15) is 11.4 Å². The van der Waals surface area contributed by atoms with E-state index in [4.69, 9.17) is 30.5 Å². The van der Waals surface area contributed by atoms with Gasteiger partial charge in [0.2, 0.25) is 6.79 Å². The molecular formula is C29H37ClN2O8. The summed E-state index contributed by atoms with van der Waals surface area (Å²) in [6.45, 7) is 9.66. The topological polar surface area (TPSA) is 129 Å². The first-order valence-corrected chi connectivity index (χ1v) is 13.2. The van der Waals surface area contributed by atoms with Gasteiger partial charge in [-0.2, -0.15) is 0 Å². The highest BCUT2D eigenvalue weighted by Gasteiger charge is 2.32. The van der Waals surface area contributed by atoms with E-state index in [0.717, 1.165) is 5.56 Å². The van der Waals surface area contributed by atoms with Crippen molar-refractivity contribution >= 4 is 35.5 Å². The normalized spacial score (nSPS) is 12.1. The number of hydrogen-bond donors (Lipinski definition) is 2. The molecule has 1 atom stereocenters. The van der Waals surface area contributed by atoms with Crippen LogP contribution in [0.15, 0.2) is 48.5 Å². The predicted octanol–water partition coefficient (Wildman–Crippen LogP) is 4.67. The molecule has 0 aromatic heterocycles. The Morgan fingerprint density at radius 2 is 1.50 bits per heavy atom. The van der Waals surface area contributed by atoms with Crippen LogP contribution in [0.1, 0.15) is 57.5 Å². The van der Waals surface area contributed by atoms with Crippen molar-refractivity contribution < 1.29 is 38.1 Å². The van der Waals surface area contributed by atoms with Crippen LogP contribution < -0.4 is 15.4 Å². The molecule has 0 radical (unpaired) electrons. The summed E-state index contributed by atoms with van der Waals surface area (Å²) in [6.07, 6.45) is -0.0475. The van der Waals surface area contributed by atoms with Gasteiger partial charge < -0.3 is 29.6 Å². The van der Waals surface area contributed by atoms with Gasteiger partial charge in [-0.25, -0.2) is 9.59 Å². The Kier molecular flexibility index (Phi) is 11.8. The third-order valence-electron chi connectivity index (χ3n) is 5.34. The van der Waals surface area contributed by atoms with Crippen molar-refractivity contribution in [3.05, 3.63) is 64.7 Å². The van der Waals surface area contributed by atoms with Crippen molar-refractivity contribution in [2.45, 2.75) is 59.2 Å². The summed E-state index contributed by atoms with van der Waals surface area (Å²) < 4.78 is 21.0. The molecule has 1 unspecified atom stereocenters. The van der Waals surface area contributed by atoms with Gasteiger partial charge in [-0.15, -0.1) is 0 Å². The lowest BCUT2D eigenvalue weighted by Gasteiger charge is -2.24. The summed E-state index contributed by atoms with van der Waals surface area (Å²) in [5, 5.41) is 5.91. The maximum absolute atomic E-state index is 12.5. The van der Waals surface area contributed by atoms with E-state index in [1.54, 1.807) is 64.1 Å². The van der Waals surface area contributed by atoms with Gasteiger partial charge in [0, 0.05) is 23.7 Å². The Hall–Kier alpha value is -3.79. The molecule has 11 heteroatoms. The van der Waals surface area contributed by atoms with E-state index in [1.165, 1.54) is 13.8 Å². The number of esters is 2. The zero-order valence-electron chi connectivity index (χ0n) is 23.7. The lowest BCUT2D eigenvalue weighted by Crippen LogP contribution is -2.40.